The fourth-order valence-electron chi connectivity index (χ4n) is 1.49. The van der Waals surface area contributed by atoms with Gasteiger partial charge in [-0.15, -0.1) is 0 Å². The van der Waals surface area contributed by atoms with E-state index in [0.29, 0.717) is 0 Å². The fourth-order valence-corrected chi connectivity index (χ4v) is 1.49. The van der Waals surface area contributed by atoms with Gasteiger partial charge in [-0.3, -0.25) is 0 Å². The minimum Gasteiger partial charge on any atom is -0.0802 e. The molecule has 0 aliphatic heterocycles. The molecule has 0 aromatic carbocycles. The summed E-state index contributed by atoms with van der Waals surface area (Å²) in [5.74, 6) is 0. The molecule has 0 N–H and O–H groups in total. The summed E-state index contributed by atoms with van der Waals surface area (Å²) in [6.45, 7) is 4.49. The van der Waals surface area contributed by atoms with E-state index in [-0.39, 0.29) is 0 Å². The zero-order chi connectivity index (χ0) is 7.40. The molecule has 0 saturated heterocycles. The van der Waals surface area contributed by atoms with Crippen LogP contribution in [0.15, 0.2) is 23.3 Å². The molecule has 0 spiro atoms. The lowest BCUT2D eigenvalue weighted by Crippen LogP contribution is -1.81. The summed E-state index contributed by atoms with van der Waals surface area (Å²) >= 11 is 0. The summed E-state index contributed by atoms with van der Waals surface area (Å²) in [5.41, 5.74) is 3.26. The largest absolute Gasteiger partial charge is 0.0802 e. The van der Waals surface area contributed by atoms with Gasteiger partial charge in [0.2, 0.25) is 0 Å². The van der Waals surface area contributed by atoms with Crippen LogP contribution in [0, 0.1) is 0 Å². The van der Waals surface area contributed by atoms with Crippen molar-refractivity contribution in [3.63, 3.8) is 0 Å². The predicted octanol–water partition coefficient (Wildman–Crippen LogP) is 3.45. The van der Waals surface area contributed by atoms with Crippen LogP contribution in [-0.4, -0.2) is 0 Å². The molecule has 10 heavy (non-hydrogen) atoms. The third-order valence-electron chi connectivity index (χ3n) is 2.08. The third-order valence-corrected chi connectivity index (χ3v) is 2.08. The van der Waals surface area contributed by atoms with Gasteiger partial charge in [-0.05, 0) is 24.8 Å². The number of hydrogen-bond acceptors (Lipinski definition) is 0. The molecule has 56 valence electrons. The minimum atomic E-state index is 1.21. The van der Waals surface area contributed by atoms with Gasteiger partial charge in [0.1, 0.15) is 0 Å². The highest BCUT2D eigenvalue weighted by atomic mass is 14.1. The molecule has 0 radical (unpaired) electrons. The van der Waals surface area contributed by atoms with Crippen LogP contribution in [0.2, 0.25) is 0 Å². The molecule has 0 amide bonds. The Labute approximate surface area is 63.6 Å². The maximum absolute atomic E-state index is 2.29. The zero-order valence-electron chi connectivity index (χ0n) is 6.98. The normalized spacial score (nSPS) is 17.0. The van der Waals surface area contributed by atoms with Crippen LogP contribution in [0.3, 0.4) is 0 Å². The zero-order valence-corrected chi connectivity index (χ0v) is 6.98. The fraction of sp³-hybridized carbons (Fsp3) is 0.600. The number of hydrogen-bond donors (Lipinski definition) is 0. The van der Waals surface area contributed by atoms with Crippen LogP contribution < -0.4 is 0 Å². The highest BCUT2D eigenvalue weighted by Gasteiger charge is 2.04. The van der Waals surface area contributed by atoms with Gasteiger partial charge in [-0.2, -0.15) is 0 Å². The van der Waals surface area contributed by atoms with Gasteiger partial charge in [0.25, 0.3) is 0 Å². The van der Waals surface area contributed by atoms with Crippen molar-refractivity contribution in [1.82, 2.24) is 0 Å². The van der Waals surface area contributed by atoms with Crippen molar-refractivity contribution in [2.75, 3.05) is 0 Å². The standard InChI is InChI=1S/C10H16/c1-3-6-10-8-5-7-9(10)4-2/h5,8H,3-4,6-7H2,1-2H3. The highest BCUT2D eigenvalue weighted by molar-refractivity contribution is 5.33. The summed E-state index contributed by atoms with van der Waals surface area (Å²) in [5, 5.41) is 0. The Morgan fingerprint density at radius 3 is 2.80 bits per heavy atom. The molecule has 1 rings (SSSR count). The van der Waals surface area contributed by atoms with Crippen molar-refractivity contribution >= 4 is 0 Å². The van der Waals surface area contributed by atoms with Gasteiger partial charge in [0.05, 0.1) is 0 Å². The maximum Gasteiger partial charge on any atom is -0.0130 e. The van der Waals surface area contributed by atoms with Crippen molar-refractivity contribution in [3.05, 3.63) is 23.3 Å². The smallest absolute Gasteiger partial charge is 0.0130 e. The van der Waals surface area contributed by atoms with Crippen molar-refractivity contribution in [1.29, 1.82) is 0 Å². The molecule has 0 heteroatoms. The Hall–Kier alpha value is -0.520. The van der Waals surface area contributed by atoms with Crippen LogP contribution in [0.5, 0.6) is 0 Å². The molecule has 0 atom stereocenters. The van der Waals surface area contributed by atoms with E-state index in [4.69, 9.17) is 0 Å². The van der Waals surface area contributed by atoms with E-state index < -0.39 is 0 Å². The molecular weight excluding hydrogens is 120 g/mol. The van der Waals surface area contributed by atoms with Gasteiger partial charge in [-0.1, -0.05) is 38.0 Å². The molecule has 0 heterocycles. The van der Waals surface area contributed by atoms with E-state index in [1.165, 1.54) is 25.7 Å². The Bertz CT molecular complexity index is 161. The molecule has 0 aromatic rings. The molecule has 1 aliphatic carbocycles. The van der Waals surface area contributed by atoms with E-state index in [1.807, 2.05) is 0 Å². The monoisotopic (exact) mass is 136 g/mol. The predicted molar refractivity (Wildman–Crippen MR) is 46.0 cm³/mol. The van der Waals surface area contributed by atoms with Crippen molar-refractivity contribution in [3.8, 4) is 0 Å². The average Bonchev–Trinajstić information content (AvgIpc) is 2.36. The SMILES string of the molecule is CCCC1=C(CC)CC=C1. The molecule has 0 bridgehead atoms. The third kappa shape index (κ3) is 1.50. The van der Waals surface area contributed by atoms with E-state index >= 15 is 0 Å². The van der Waals surface area contributed by atoms with Gasteiger partial charge < -0.3 is 0 Å². The minimum absolute atomic E-state index is 1.21. The average molecular weight is 136 g/mol. The van der Waals surface area contributed by atoms with Gasteiger partial charge in [-0.25, -0.2) is 0 Å². The summed E-state index contributed by atoms with van der Waals surface area (Å²) in [4.78, 5) is 0. The van der Waals surface area contributed by atoms with Crippen LogP contribution >= 0.6 is 0 Å². The summed E-state index contributed by atoms with van der Waals surface area (Å²) in [6, 6.07) is 0. The topological polar surface area (TPSA) is 0 Å². The molecular formula is C10H16. The lowest BCUT2D eigenvalue weighted by atomic mass is 10.0. The van der Waals surface area contributed by atoms with Gasteiger partial charge >= 0.3 is 0 Å². The molecule has 0 unspecified atom stereocenters. The van der Waals surface area contributed by atoms with Crippen molar-refractivity contribution in [2.45, 2.75) is 39.5 Å². The van der Waals surface area contributed by atoms with E-state index in [2.05, 4.69) is 26.0 Å². The Morgan fingerprint density at radius 2 is 2.20 bits per heavy atom. The molecule has 1 aliphatic rings. The first-order valence-corrected chi connectivity index (χ1v) is 4.26. The first kappa shape index (κ1) is 7.59. The first-order valence-electron chi connectivity index (χ1n) is 4.26. The first-order chi connectivity index (χ1) is 4.88. The number of allylic oxidation sites excluding steroid dienone is 4. The second-order valence-corrected chi connectivity index (χ2v) is 2.84. The molecule has 0 fully saturated rings. The second-order valence-electron chi connectivity index (χ2n) is 2.84. The van der Waals surface area contributed by atoms with E-state index in [0.717, 1.165) is 0 Å². The quantitative estimate of drug-likeness (QED) is 0.557. The van der Waals surface area contributed by atoms with Crippen LogP contribution in [0.25, 0.3) is 0 Å². The summed E-state index contributed by atoms with van der Waals surface area (Å²) in [6.07, 6.45) is 9.59. The Morgan fingerprint density at radius 1 is 1.40 bits per heavy atom. The lowest BCUT2D eigenvalue weighted by Gasteiger charge is -2.01. The molecule has 0 nitrogen and oxygen atoms in total. The Balaban J connectivity index is 2.57. The molecule has 0 saturated carbocycles. The highest BCUT2D eigenvalue weighted by Crippen LogP contribution is 2.24. The van der Waals surface area contributed by atoms with Crippen LogP contribution in [0.4, 0.5) is 0 Å². The lowest BCUT2D eigenvalue weighted by molar-refractivity contribution is 0.898. The second kappa shape index (κ2) is 3.60. The van der Waals surface area contributed by atoms with E-state index in [9.17, 15) is 0 Å². The van der Waals surface area contributed by atoms with Crippen LogP contribution in [0.1, 0.15) is 39.5 Å². The van der Waals surface area contributed by atoms with Gasteiger partial charge in [0, 0.05) is 0 Å². The summed E-state index contributed by atoms with van der Waals surface area (Å²) < 4.78 is 0. The summed E-state index contributed by atoms with van der Waals surface area (Å²) in [7, 11) is 0. The number of rotatable bonds is 3. The Kier molecular flexibility index (Phi) is 2.73. The molecule has 0 aromatic heterocycles. The van der Waals surface area contributed by atoms with Crippen molar-refractivity contribution in [2.24, 2.45) is 0 Å². The van der Waals surface area contributed by atoms with Crippen LogP contribution in [-0.2, 0) is 0 Å². The maximum atomic E-state index is 2.29. The van der Waals surface area contributed by atoms with E-state index in [1.54, 1.807) is 11.1 Å². The van der Waals surface area contributed by atoms with Gasteiger partial charge in [0.15, 0.2) is 0 Å². The van der Waals surface area contributed by atoms with Crippen molar-refractivity contribution < 1.29 is 0 Å².